The first-order valence-electron chi connectivity index (χ1n) is 5.59. The molecule has 0 spiro atoms. The van der Waals surface area contributed by atoms with Gasteiger partial charge in [-0.05, 0) is 49.1 Å². The van der Waals surface area contributed by atoms with E-state index in [1.165, 1.54) is 22.3 Å². The van der Waals surface area contributed by atoms with Crippen LogP contribution in [0.15, 0.2) is 30.6 Å². The molecule has 0 amide bonds. The van der Waals surface area contributed by atoms with E-state index in [0.717, 1.165) is 5.56 Å². The minimum Gasteiger partial charge on any atom is -0.263 e. The predicted molar refractivity (Wildman–Crippen MR) is 72.4 cm³/mol. The van der Waals surface area contributed by atoms with Gasteiger partial charge in [0, 0.05) is 18.8 Å². The van der Waals surface area contributed by atoms with E-state index < -0.39 is 0 Å². The Morgan fingerprint density at radius 1 is 1.00 bits per heavy atom. The summed E-state index contributed by atoms with van der Waals surface area (Å²) in [6.07, 6.45) is 5.60. The van der Waals surface area contributed by atoms with Gasteiger partial charge in [0.15, 0.2) is 0 Å². The van der Waals surface area contributed by atoms with Gasteiger partial charge in [-0.3, -0.25) is 4.98 Å². The van der Waals surface area contributed by atoms with Crippen molar-refractivity contribution in [3.63, 3.8) is 0 Å². The van der Waals surface area contributed by atoms with Gasteiger partial charge in [-0.25, -0.2) is 0 Å². The first kappa shape index (κ1) is 12.1. The molecule has 2 heteroatoms. The smallest absolute Gasteiger partial charge is 0.0592 e. The maximum absolute atomic E-state index is 5.93. The number of pyridine rings is 1. The standard InChI is InChI=1S/C15H15ClN/c1-10-4-11(2)15(12(3)5-10)7-13-6-14(16)9-17-8-13/h4-9H,1-3H3. The third-order valence-electron chi connectivity index (χ3n) is 2.78. The van der Waals surface area contributed by atoms with Crippen LogP contribution >= 0.6 is 11.6 Å². The van der Waals surface area contributed by atoms with Crippen molar-refractivity contribution in [2.24, 2.45) is 0 Å². The third-order valence-corrected chi connectivity index (χ3v) is 2.98. The quantitative estimate of drug-likeness (QED) is 0.769. The van der Waals surface area contributed by atoms with Gasteiger partial charge in [-0.1, -0.05) is 29.3 Å². The van der Waals surface area contributed by atoms with E-state index >= 15 is 0 Å². The highest BCUT2D eigenvalue weighted by Crippen LogP contribution is 2.22. The molecule has 0 N–H and O–H groups in total. The number of halogens is 1. The number of hydrogen-bond donors (Lipinski definition) is 0. The van der Waals surface area contributed by atoms with E-state index in [0.29, 0.717) is 5.02 Å². The lowest BCUT2D eigenvalue weighted by Crippen LogP contribution is -1.95. The maximum atomic E-state index is 5.93. The fourth-order valence-electron chi connectivity index (χ4n) is 2.09. The highest BCUT2D eigenvalue weighted by atomic mass is 35.5. The first-order valence-corrected chi connectivity index (χ1v) is 5.97. The van der Waals surface area contributed by atoms with Crippen LogP contribution in [0.5, 0.6) is 0 Å². The minimum absolute atomic E-state index is 0.668. The molecule has 0 aliphatic heterocycles. The second kappa shape index (κ2) is 4.89. The van der Waals surface area contributed by atoms with E-state index in [1.807, 2.05) is 12.3 Å². The minimum atomic E-state index is 0.668. The van der Waals surface area contributed by atoms with E-state index in [-0.39, 0.29) is 0 Å². The molecule has 0 saturated heterocycles. The molecule has 0 saturated carbocycles. The molecule has 0 aliphatic carbocycles. The van der Waals surface area contributed by atoms with Gasteiger partial charge in [-0.2, -0.15) is 0 Å². The summed E-state index contributed by atoms with van der Waals surface area (Å²) in [5, 5.41) is 0.668. The Balaban J connectivity index is 2.36. The van der Waals surface area contributed by atoms with E-state index in [1.54, 1.807) is 6.20 Å². The number of benzene rings is 1. The Morgan fingerprint density at radius 2 is 1.65 bits per heavy atom. The van der Waals surface area contributed by atoms with Crippen molar-refractivity contribution in [1.29, 1.82) is 0 Å². The van der Waals surface area contributed by atoms with Crippen LogP contribution in [-0.2, 0) is 0 Å². The van der Waals surface area contributed by atoms with Crippen molar-refractivity contribution in [2.75, 3.05) is 0 Å². The summed E-state index contributed by atoms with van der Waals surface area (Å²) < 4.78 is 0. The van der Waals surface area contributed by atoms with Crippen LogP contribution in [-0.4, -0.2) is 4.98 Å². The van der Waals surface area contributed by atoms with Crippen LogP contribution in [0.3, 0.4) is 0 Å². The van der Waals surface area contributed by atoms with Crippen LogP contribution in [0, 0.1) is 27.2 Å². The van der Waals surface area contributed by atoms with Crippen molar-refractivity contribution in [1.82, 2.24) is 4.98 Å². The molecule has 2 rings (SSSR count). The third kappa shape index (κ3) is 2.86. The van der Waals surface area contributed by atoms with Gasteiger partial charge in [0.2, 0.25) is 0 Å². The average molecular weight is 245 g/mol. The summed E-state index contributed by atoms with van der Waals surface area (Å²) in [6, 6.07) is 6.31. The fraction of sp³-hybridized carbons (Fsp3) is 0.200. The molecule has 0 unspecified atom stereocenters. The normalized spacial score (nSPS) is 10.6. The van der Waals surface area contributed by atoms with Crippen molar-refractivity contribution in [2.45, 2.75) is 20.8 Å². The molecule has 0 aliphatic rings. The van der Waals surface area contributed by atoms with Crippen LogP contribution in [0.25, 0.3) is 0 Å². The van der Waals surface area contributed by atoms with E-state index in [4.69, 9.17) is 11.6 Å². The summed E-state index contributed by atoms with van der Waals surface area (Å²) in [7, 11) is 0. The van der Waals surface area contributed by atoms with Crippen LogP contribution in [0.1, 0.15) is 27.8 Å². The van der Waals surface area contributed by atoms with Crippen LogP contribution in [0.2, 0.25) is 5.02 Å². The van der Waals surface area contributed by atoms with Crippen LogP contribution in [0.4, 0.5) is 0 Å². The molecule has 0 bridgehead atoms. The molecule has 17 heavy (non-hydrogen) atoms. The summed E-state index contributed by atoms with van der Waals surface area (Å²) >= 11 is 5.93. The molecule has 1 radical (unpaired) electrons. The molecular weight excluding hydrogens is 230 g/mol. The Kier molecular flexibility index (Phi) is 3.49. The number of aryl methyl sites for hydroxylation is 3. The predicted octanol–water partition coefficient (Wildman–Crippen LogP) is 4.26. The lowest BCUT2D eigenvalue weighted by atomic mass is 9.95. The number of aromatic nitrogens is 1. The fourth-order valence-corrected chi connectivity index (χ4v) is 2.28. The Labute approximate surface area is 107 Å². The Hall–Kier alpha value is -1.34. The van der Waals surface area contributed by atoms with Gasteiger partial charge >= 0.3 is 0 Å². The monoisotopic (exact) mass is 244 g/mol. The summed E-state index contributed by atoms with van der Waals surface area (Å²) in [6.45, 7) is 6.37. The van der Waals surface area contributed by atoms with Crippen molar-refractivity contribution >= 4 is 11.6 Å². The summed E-state index contributed by atoms with van der Waals surface area (Å²) in [4.78, 5) is 4.09. The number of hydrogen-bond acceptors (Lipinski definition) is 1. The SMILES string of the molecule is Cc1cc(C)c([CH]c2cncc(Cl)c2)c(C)c1. The molecule has 1 aromatic heterocycles. The van der Waals surface area contributed by atoms with E-state index in [2.05, 4.69) is 44.3 Å². The van der Waals surface area contributed by atoms with Crippen LogP contribution < -0.4 is 0 Å². The van der Waals surface area contributed by atoms with Gasteiger partial charge in [0.25, 0.3) is 0 Å². The summed E-state index contributed by atoms with van der Waals surface area (Å²) in [5.41, 5.74) is 6.14. The molecule has 2 aromatic rings. The van der Waals surface area contributed by atoms with Crippen molar-refractivity contribution in [3.8, 4) is 0 Å². The Morgan fingerprint density at radius 3 is 2.24 bits per heavy atom. The highest BCUT2D eigenvalue weighted by Gasteiger charge is 2.06. The molecule has 0 atom stereocenters. The molecule has 1 aromatic carbocycles. The Bertz CT molecular complexity index is 523. The zero-order chi connectivity index (χ0) is 12.4. The van der Waals surface area contributed by atoms with Crippen molar-refractivity contribution < 1.29 is 0 Å². The molecule has 1 heterocycles. The molecule has 87 valence electrons. The van der Waals surface area contributed by atoms with Crippen molar-refractivity contribution in [3.05, 3.63) is 69.9 Å². The lowest BCUT2D eigenvalue weighted by molar-refractivity contribution is 1.22. The second-order valence-corrected chi connectivity index (χ2v) is 4.83. The first-order chi connectivity index (χ1) is 8.06. The van der Waals surface area contributed by atoms with Gasteiger partial charge < -0.3 is 0 Å². The average Bonchev–Trinajstić information content (AvgIpc) is 2.23. The topological polar surface area (TPSA) is 12.9 Å². The lowest BCUT2D eigenvalue weighted by Gasteiger charge is -2.11. The second-order valence-electron chi connectivity index (χ2n) is 4.39. The highest BCUT2D eigenvalue weighted by molar-refractivity contribution is 6.30. The van der Waals surface area contributed by atoms with Gasteiger partial charge in [0.05, 0.1) is 5.02 Å². The zero-order valence-electron chi connectivity index (χ0n) is 10.3. The van der Waals surface area contributed by atoms with Gasteiger partial charge in [0.1, 0.15) is 0 Å². The largest absolute Gasteiger partial charge is 0.263 e. The number of nitrogens with zero attached hydrogens (tertiary/aromatic N) is 1. The molecule has 0 fully saturated rings. The molecule has 1 nitrogen and oxygen atoms in total. The number of rotatable bonds is 2. The van der Waals surface area contributed by atoms with E-state index in [9.17, 15) is 0 Å². The maximum Gasteiger partial charge on any atom is 0.0592 e. The van der Waals surface area contributed by atoms with Gasteiger partial charge in [-0.15, -0.1) is 0 Å². The molecular formula is C15H15ClN. The zero-order valence-corrected chi connectivity index (χ0v) is 11.0. The summed E-state index contributed by atoms with van der Waals surface area (Å²) in [5.74, 6) is 0.